The molecule has 0 heterocycles. The van der Waals surface area contributed by atoms with Crippen LogP contribution in [0.3, 0.4) is 0 Å². The van der Waals surface area contributed by atoms with E-state index in [1.165, 1.54) is 81.8 Å². The Balaban J connectivity index is 1.41. The van der Waals surface area contributed by atoms with Crippen LogP contribution in [0.5, 0.6) is 0 Å². The molecule has 20 heavy (non-hydrogen) atoms. The lowest BCUT2D eigenvalue weighted by Crippen LogP contribution is -1.83. The molecule has 112 valence electrons. The molecule has 0 fully saturated rings. The van der Waals surface area contributed by atoms with Gasteiger partial charge in [-0.1, -0.05) is 94.9 Å². The Hall–Kier alpha value is -0.490. The fourth-order valence-electron chi connectivity index (χ4n) is 3.26. The molecular formula is C19H29Cl. The van der Waals surface area contributed by atoms with Gasteiger partial charge in [-0.15, -0.1) is 0 Å². The van der Waals surface area contributed by atoms with Gasteiger partial charge < -0.3 is 0 Å². The highest BCUT2D eigenvalue weighted by atomic mass is 35.5. The third kappa shape index (κ3) is 4.81. The van der Waals surface area contributed by atoms with E-state index in [0.29, 0.717) is 5.92 Å². The largest absolute Gasteiger partial charge is 0.0840 e. The third-order valence-electron chi connectivity index (χ3n) is 4.57. The summed E-state index contributed by atoms with van der Waals surface area (Å²) in [6.07, 6.45) is 15.5. The Morgan fingerprint density at radius 2 is 1.45 bits per heavy atom. The summed E-state index contributed by atoms with van der Waals surface area (Å²) in [5, 5.41) is 0.986. The van der Waals surface area contributed by atoms with Crippen molar-refractivity contribution in [3.63, 3.8) is 0 Å². The van der Waals surface area contributed by atoms with Crippen molar-refractivity contribution >= 4 is 11.6 Å². The zero-order valence-corrected chi connectivity index (χ0v) is 13.7. The van der Waals surface area contributed by atoms with Gasteiger partial charge in [-0.25, -0.2) is 0 Å². The molecule has 0 amide bonds. The van der Waals surface area contributed by atoms with Crippen LogP contribution in [0.15, 0.2) is 18.2 Å². The number of fused-ring (bicyclic) bond motifs is 1. The molecule has 0 nitrogen and oxygen atoms in total. The zero-order chi connectivity index (χ0) is 14.2. The molecule has 0 bridgehead atoms. The van der Waals surface area contributed by atoms with Crippen LogP contribution in [0.4, 0.5) is 0 Å². The molecule has 2 rings (SSSR count). The van der Waals surface area contributed by atoms with Gasteiger partial charge in [0.1, 0.15) is 0 Å². The van der Waals surface area contributed by atoms with Gasteiger partial charge in [0, 0.05) is 10.9 Å². The van der Waals surface area contributed by atoms with E-state index in [1.807, 2.05) is 6.07 Å². The highest BCUT2D eigenvalue weighted by Gasteiger charge is 2.33. The maximum Gasteiger partial charge on any atom is 0.0447 e. The Kier molecular flexibility index (Phi) is 6.93. The summed E-state index contributed by atoms with van der Waals surface area (Å²) >= 11 is 6.19. The average Bonchev–Trinajstić information content (AvgIpc) is 3.16. The first-order valence-electron chi connectivity index (χ1n) is 8.63. The molecule has 0 spiro atoms. The Bertz CT molecular complexity index is 397. The first-order valence-corrected chi connectivity index (χ1v) is 9.00. The van der Waals surface area contributed by atoms with E-state index in [9.17, 15) is 0 Å². The van der Waals surface area contributed by atoms with Crippen LogP contribution < -0.4 is 0 Å². The molecule has 1 heteroatoms. The predicted molar refractivity (Wildman–Crippen MR) is 89.8 cm³/mol. The fourth-order valence-corrected chi connectivity index (χ4v) is 3.57. The standard InChI is InChI=1S/C19H29Cl/c1-2-3-4-5-6-7-8-9-10-11-13-16-17-14-12-15-18(20)19(16)17/h12,14-16H,2-11,13H2,1H3. The molecular weight excluding hydrogens is 264 g/mol. The lowest BCUT2D eigenvalue weighted by molar-refractivity contribution is 0.548. The van der Waals surface area contributed by atoms with Crippen molar-refractivity contribution < 1.29 is 0 Å². The quantitative estimate of drug-likeness (QED) is 0.382. The van der Waals surface area contributed by atoms with Crippen LogP contribution in [0.1, 0.15) is 94.6 Å². The third-order valence-corrected chi connectivity index (χ3v) is 4.90. The van der Waals surface area contributed by atoms with E-state index < -0.39 is 0 Å². The second-order valence-corrected chi connectivity index (χ2v) is 6.67. The second kappa shape index (κ2) is 8.72. The molecule has 1 aliphatic rings. The van der Waals surface area contributed by atoms with Crippen LogP contribution in [0.25, 0.3) is 0 Å². The van der Waals surface area contributed by atoms with Gasteiger partial charge in [-0.3, -0.25) is 0 Å². The summed E-state index contributed by atoms with van der Waals surface area (Å²) in [6, 6.07) is 6.35. The zero-order valence-electron chi connectivity index (χ0n) is 13.0. The van der Waals surface area contributed by atoms with Crippen molar-refractivity contribution in [3.8, 4) is 0 Å². The highest BCUT2D eigenvalue weighted by Crippen LogP contribution is 2.50. The number of halogens is 1. The number of benzene rings is 1. The smallest absolute Gasteiger partial charge is 0.0447 e. The molecule has 0 aliphatic heterocycles. The van der Waals surface area contributed by atoms with Gasteiger partial charge in [-0.2, -0.15) is 0 Å². The summed E-state index contributed by atoms with van der Waals surface area (Å²) in [5.41, 5.74) is 2.94. The first-order chi connectivity index (χ1) is 9.84. The normalized spacial score (nSPS) is 16.2. The molecule has 1 aromatic carbocycles. The molecule has 1 aliphatic carbocycles. The van der Waals surface area contributed by atoms with Gasteiger partial charge in [0.15, 0.2) is 0 Å². The summed E-state index contributed by atoms with van der Waals surface area (Å²) in [4.78, 5) is 0. The van der Waals surface area contributed by atoms with Crippen molar-refractivity contribution in [2.45, 2.75) is 83.5 Å². The maximum absolute atomic E-state index is 6.19. The highest BCUT2D eigenvalue weighted by molar-refractivity contribution is 6.32. The Labute approximate surface area is 129 Å². The van der Waals surface area contributed by atoms with E-state index >= 15 is 0 Å². The molecule has 0 aromatic heterocycles. The second-order valence-electron chi connectivity index (χ2n) is 6.27. The van der Waals surface area contributed by atoms with Crippen molar-refractivity contribution in [3.05, 3.63) is 34.3 Å². The van der Waals surface area contributed by atoms with E-state index in [1.54, 1.807) is 0 Å². The van der Waals surface area contributed by atoms with E-state index in [2.05, 4.69) is 19.1 Å². The topological polar surface area (TPSA) is 0 Å². The van der Waals surface area contributed by atoms with E-state index in [4.69, 9.17) is 11.6 Å². The predicted octanol–water partition coefficient (Wildman–Crippen LogP) is 7.10. The SMILES string of the molecule is CCCCCCCCCCCCC1c2cccc(Cl)c21. The monoisotopic (exact) mass is 292 g/mol. The number of hydrogen-bond donors (Lipinski definition) is 0. The number of rotatable bonds is 11. The van der Waals surface area contributed by atoms with Gasteiger partial charge in [-0.05, 0) is 23.6 Å². The summed E-state index contributed by atoms with van der Waals surface area (Å²) in [6.45, 7) is 2.28. The van der Waals surface area contributed by atoms with Gasteiger partial charge >= 0.3 is 0 Å². The summed E-state index contributed by atoms with van der Waals surface area (Å²) < 4.78 is 0. The minimum atomic E-state index is 0.701. The molecule has 1 atom stereocenters. The number of hydrogen-bond acceptors (Lipinski definition) is 0. The van der Waals surface area contributed by atoms with Crippen LogP contribution in [0, 0.1) is 0 Å². The molecule has 0 saturated heterocycles. The number of unbranched alkanes of at least 4 members (excludes halogenated alkanes) is 9. The van der Waals surface area contributed by atoms with Gasteiger partial charge in [0.2, 0.25) is 0 Å². The van der Waals surface area contributed by atoms with E-state index in [-0.39, 0.29) is 0 Å². The van der Waals surface area contributed by atoms with Crippen LogP contribution in [0.2, 0.25) is 5.02 Å². The van der Waals surface area contributed by atoms with Gasteiger partial charge in [0.05, 0.1) is 0 Å². The molecule has 0 radical (unpaired) electrons. The molecule has 0 saturated carbocycles. The van der Waals surface area contributed by atoms with Crippen LogP contribution >= 0.6 is 11.6 Å². The molecule has 1 unspecified atom stereocenters. The lowest BCUT2D eigenvalue weighted by Gasteiger charge is -2.02. The average molecular weight is 293 g/mol. The van der Waals surface area contributed by atoms with Crippen LogP contribution in [-0.2, 0) is 0 Å². The minimum absolute atomic E-state index is 0.701. The van der Waals surface area contributed by atoms with Crippen molar-refractivity contribution in [1.82, 2.24) is 0 Å². The Morgan fingerprint density at radius 3 is 2.05 bits per heavy atom. The summed E-state index contributed by atoms with van der Waals surface area (Å²) in [7, 11) is 0. The van der Waals surface area contributed by atoms with Crippen molar-refractivity contribution in [1.29, 1.82) is 0 Å². The van der Waals surface area contributed by atoms with Crippen molar-refractivity contribution in [2.75, 3.05) is 0 Å². The minimum Gasteiger partial charge on any atom is -0.0840 e. The van der Waals surface area contributed by atoms with E-state index in [0.717, 1.165) is 5.02 Å². The van der Waals surface area contributed by atoms with Crippen LogP contribution in [-0.4, -0.2) is 0 Å². The summed E-state index contributed by atoms with van der Waals surface area (Å²) in [5.74, 6) is 0.701. The Morgan fingerprint density at radius 1 is 0.850 bits per heavy atom. The fraction of sp³-hybridized carbons (Fsp3) is 0.684. The van der Waals surface area contributed by atoms with Gasteiger partial charge in [0.25, 0.3) is 0 Å². The molecule has 1 aromatic rings. The first kappa shape index (κ1) is 15.9. The maximum atomic E-state index is 6.19. The molecule has 0 N–H and O–H groups in total. The lowest BCUT2D eigenvalue weighted by atomic mass is 10.0. The van der Waals surface area contributed by atoms with Crippen molar-refractivity contribution in [2.24, 2.45) is 0 Å².